The van der Waals surface area contributed by atoms with Gasteiger partial charge in [-0.3, -0.25) is 10.1 Å². The van der Waals surface area contributed by atoms with Crippen molar-refractivity contribution in [1.82, 2.24) is 15.2 Å². The molecule has 17 heavy (non-hydrogen) atoms. The first-order chi connectivity index (χ1) is 8.14. The molecule has 7 heteroatoms. The molecule has 1 fully saturated rings. The van der Waals surface area contributed by atoms with Crippen LogP contribution in [0.1, 0.15) is 26.7 Å². The molecule has 0 aliphatic carbocycles. The predicted molar refractivity (Wildman–Crippen MR) is 66.3 cm³/mol. The molecule has 0 bridgehead atoms. The molecular formula is C10H16N4O2S. The van der Waals surface area contributed by atoms with Gasteiger partial charge in [0.1, 0.15) is 0 Å². The van der Waals surface area contributed by atoms with E-state index in [1.165, 1.54) is 0 Å². The van der Waals surface area contributed by atoms with Crippen LogP contribution < -0.4 is 10.1 Å². The Morgan fingerprint density at radius 2 is 2.53 bits per heavy atom. The number of anilines is 1. The van der Waals surface area contributed by atoms with Gasteiger partial charge in [-0.15, -0.1) is 16.9 Å². The maximum absolute atomic E-state index is 12.0. The summed E-state index contributed by atoms with van der Waals surface area (Å²) in [5, 5.41) is 9.20. The van der Waals surface area contributed by atoms with E-state index in [2.05, 4.69) is 20.5 Å². The fraction of sp³-hybridized carbons (Fsp3) is 0.700. The van der Waals surface area contributed by atoms with Crippen molar-refractivity contribution in [2.45, 2.75) is 31.4 Å². The lowest BCUT2D eigenvalue weighted by molar-refractivity contribution is -0.118. The number of aromatic amines is 1. The zero-order chi connectivity index (χ0) is 12.3. The first-order valence-corrected chi connectivity index (χ1v) is 6.63. The zero-order valence-electron chi connectivity index (χ0n) is 9.95. The first-order valence-electron chi connectivity index (χ1n) is 5.64. The minimum Gasteiger partial charge on any atom is -0.463 e. The van der Waals surface area contributed by atoms with Gasteiger partial charge in [0.05, 0.1) is 11.4 Å². The van der Waals surface area contributed by atoms with Crippen LogP contribution in [0.15, 0.2) is 0 Å². The lowest BCUT2D eigenvalue weighted by Gasteiger charge is -2.20. The number of hydrogen-bond acceptors (Lipinski definition) is 5. The fourth-order valence-corrected chi connectivity index (χ4v) is 2.90. The van der Waals surface area contributed by atoms with Crippen LogP contribution in [0.4, 0.5) is 5.95 Å². The van der Waals surface area contributed by atoms with Crippen molar-refractivity contribution >= 4 is 23.6 Å². The number of ether oxygens (including phenoxy) is 1. The summed E-state index contributed by atoms with van der Waals surface area (Å²) in [7, 11) is 0. The van der Waals surface area contributed by atoms with Gasteiger partial charge in [-0.1, -0.05) is 0 Å². The summed E-state index contributed by atoms with van der Waals surface area (Å²) < 4.78 is 4.76. The molecule has 0 saturated carbocycles. The Morgan fingerprint density at radius 3 is 3.18 bits per heavy atom. The smallest absolute Gasteiger partial charge is 0.337 e. The Hall–Kier alpha value is -1.24. The van der Waals surface area contributed by atoms with Crippen LogP contribution in [-0.2, 0) is 4.79 Å². The second-order valence-corrected chi connectivity index (χ2v) is 5.63. The maximum Gasteiger partial charge on any atom is 0.337 e. The Morgan fingerprint density at radius 1 is 1.71 bits per heavy atom. The number of carbonyl (C=O) groups excluding carboxylic acids is 1. The lowest BCUT2D eigenvalue weighted by Crippen LogP contribution is -2.35. The lowest BCUT2D eigenvalue weighted by atomic mass is 10.1. The number of H-pyrrole nitrogens is 1. The Kier molecular flexibility index (Phi) is 3.56. The number of aromatic nitrogens is 3. The molecule has 0 radical (unpaired) electrons. The molecule has 1 unspecified atom stereocenters. The summed E-state index contributed by atoms with van der Waals surface area (Å²) >= 11 is 1.68. The largest absolute Gasteiger partial charge is 0.463 e. The third kappa shape index (κ3) is 2.71. The molecule has 0 aromatic carbocycles. The van der Waals surface area contributed by atoms with Gasteiger partial charge in [0.2, 0.25) is 11.9 Å². The molecule has 6 nitrogen and oxygen atoms in total. The molecule has 2 heterocycles. The van der Waals surface area contributed by atoms with E-state index in [9.17, 15) is 4.79 Å². The van der Waals surface area contributed by atoms with E-state index in [0.29, 0.717) is 12.6 Å². The van der Waals surface area contributed by atoms with Gasteiger partial charge in [-0.2, -0.15) is 4.98 Å². The molecule has 1 atom stereocenters. The number of thioether (sulfide) groups is 1. The van der Waals surface area contributed by atoms with Crippen LogP contribution in [-0.4, -0.2) is 38.2 Å². The predicted octanol–water partition coefficient (Wildman–Crippen LogP) is 1.43. The summed E-state index contributed by atoms with van der Waals surface area (Å²) in [5.74, 6) is 1.34. The number of hydrogen-bond donors (Lipinski definition) is 2. The minimum absolute atomic E-state index is 0.0285. The number of rotatable bonds is 4. The standard InChI is InChI=1S/C10H16N4O2S/c1-3-16-9-12-8(13-14-9)11-7(15)10(2)5-4-6-17-10/h3-6H2,1-2H3,(H2,11,12,13,14,15). The van der Waals surface area contributed by atoms with E-state index in [1.807, 2.05) is 13.8 Å². The van der Waals surface area contributed by atoms with Crippen LogP contribution in [0, 0.1) is 0 Å². The van der Waals surface area contributed by atoms with Crippen molar-refractivity contribution in [1.29, 1.82) is 0 Å². The molecule has 1 amide bonds. The highest BCUT2D eigenvalue weighted by Crippen LogP contribution is 2.38. The van der Waals surface area contributed by atoms with Gasteiger partial charge < -0.3 is 4.74 Å². The SMILES string of the molecule is CCOc1n[nH]c(NC(=O)C2(C)CCCS2)n1. The molecule has 1 aromatic rings. The van der Waals surface area contributed by atoms with E-state index < -0.39 is 0 Å². The van der Waals surface area contributed by atoms with Gasteiger partial charge in [-0.25, -0.2) is 5.10 Å². The molecule has 2 N–H and O–H groups in total. The summed E-state index contributed by atoms with van der Waals surface area (Å²) in [6.07, 6.45) is 1.98. The quantitative estimate of drug-likeness (QED) is 0.851. The second-order valence-electron chi connectivity index (χ2n) is 4.04. The molecule has 2 rings (SSSR count). The zero-order valence-corrected chi connectivity index (χ0v) is 10.8. The van der Waals surface area contributed by atoms with E-state index in [0.717, 1.165) is 18.6 Å². The highest BCUT2D eigenvalue weighted by atomic mass is 32.2. The molecule has 1 aliphatic rings. The molecule has 1 aromatic heterocycles. The van der Waals surface area contributed by atoms with Crippen LogP contribution in [0.2, 0.25) is 0 Å². The van der Waals surface area contributed by atoms with Crippen LogP contribution in [0.3, 0.4) is 0 Å². The monoisotopic (exact) mass is 256 g/mol. The van der Waals surface area contributed by atoms with E-state index in [-0.39, 0.29) is 16.7 Å². The van der Waals surface area contributed by atoms with Crippen molar-refractivity contribution in [3.05, 3.63) is 0 Å². The summed E-state index contributed by atoms with van der Waals surface area (Å²) in [4.78, 5) is 16.1. The topological polar surface area (TPSA) is 79.9 Å². The number of amides is 1. The van der Waals surface area contributed by atoms with Crippen molar-refractivity contribution in [3.63, 3.8) is 0 Å². The van der Waals surface area contributed by atoms with E-state index in [1.54, 1.807) is 11.8 Å². The van der Waals surface area contributed by atoms with Crippen LogP contribution in [0.25, 0.3) is 0 Å². The number of nitrogens with one attached hydrogen (secondary N) is 2. The highest BCUT2D eigenvalue weighted by molar-refractivity contribution is 8.01. The Bertz CT molecular complexity index is 401. The van der Waals surface area contributed by atoms with Crippen LogP contribution in [0.5, 0.6) is 6.01 Å². The van der Waals surface area contributed by atoms with Gasteiger partial charge in [-0.05, 0) is 32.4 Å². The summed E-state index contributed by atoms with van der Waals surface area (Å²) in [6.45, 7) is 4.31. The molecule has 1 aliphatic heterocycles. The fourth-order valence-electron chi connectivity index (χ4n) is 1.69. The average molecular weight is 256 g/mol. The average Bonchev–Trinajstić information content (AvgIpc) is 2.90. The highest BCUT2D eigenvalue weighted by Gasteiger charge is 2.37. The van der Waals surface area contributed by atoms with Crippen molar-refractivity contribution < 1.29 is 9.53 Å². The van der Waals surface area contributed by atoms with Crippen molar-refractivity contribution in [3.8, 4) is 6.01 Å². The van der Waals surface area contributed by atoms with Crippen molar-refractivity contribution in [2.75, 3.05) is 17.7 Å². The van der Waals surface area contributed by atoms with Gasteiger partial charge in [0.15, 0.2) is 0 Å². The third-order valence-electron chi connectivity index (χ3n) is 2.67. The molecule has 94 valence electrons. The minimum atomic E-state index is -0.349. The maximum atomic E-state index is 12.0. The summed E-state index contributed by atoms with van der Waals surface area (Å²) in [6, 6.07) is 0.257. The summed E-state index contributed by atoms with van der Waals surface area (Å²) in [5.41, 5.74) is 0. The Labute approximate surface area is 104 Å². The van der Waals surface area contributed by atoms with Gasteiger partial charge in [0.25, 0.3) is 0 Å². The normalized spacial score (nSPS) is 23.6. The van der Waals surface area contributed by atoms with Crippen molar-refractivity contribution in [2.24, 2.45) is 0 Å². The first kappa shape index (κ1) is 12.2. The van der Waals surface area contributed by atoms with Gasteiger partial charge >= 0.3 is 6.01 Å². The number of nitrogens with zero attached hydrogens (tertiary/aromatic N) is 2. The second kappa shape index (κ2) is 4.95. The van der Waals surface area contributed by atoms with Crippen LogP contribution >= 0.6 is 11.8 Å². The Balaban J connectivity index is 1.97. The van der Waals surface area contributed by atoms with E-state index >= 15 is 0 Å². The van der Waals surface area contributed by atoms with Gasteiger partial charge in [0, 0.05) is 0 Å². The molecule has 0 spiro atoms. The molecule has 1 saturated heterocycles. The third-order valence-corrected chi connectivity index (χ3v) is 4.19. The number of carbonyl (C=O) groups is 1. The van der Waals surface area contributed by atoms with E-state index in [4.69, 9.17) is 4.74 Å². The molecular weight excluding hydrogens is 240 g/mol.